The van der Waals surface area contributed by atoms with E-state index in [0.29, 0.717) is 41.0 Å². The molecule has 0 aliphatic heterocycles. The van der Waals surface area contributed by atoms with Gasteiger partial charge in [-0.3, -0.25) is 13.9 Å². The molecule has 1 amide bonds. The van der Waals surface area contributed by atoms with Gasteiger partial charge in [-0.1, -0.05) is 6.07 Å². The van der Waals surface area contributed by atoms with Gasteiger partial charge in [0, 0.05) is 31.1 Å². The number of hydrogen-bond acceptors (Lipinski definition) is 7. The highest BCUT2D eigenvalue weighted by atomic mass is 32.2. The fourth-order valence-electron chi connectivity index (χ4n) is 3.64. The van der Waals surface area contributed by atoms with Gasteiger partial charge in [0.15, 0.2) is 0 Å². The number of aryl methyl sites for hydroxylation is 1. The zero-order valence-electron chi connectivity index (χ0n) is 20.6. The van der Waals surface area contributed by atoms with Gasteiger partial charge in [-0.2, -0.15) is 4.39 Å². The second kappa shape index (κ2) is 11.0. The fraction of sp³-hybridized carbons (Fsp3) is 0.320. The number of nitrogens with one attached hydrogen (secondary N) is 3. The third-order valence-electron chi connectivity index (χ3n) is 5.81. The topological polar surface area (TPSA) is 108 Å². The number of amides is 1. The molecule has 1 atom stereocenters. The molecule has 3 aromatic rings. The SMILES string of the molecule is CCONC(=O)c1cnc(Nc2cnc(F)c(C)c2)cc1Nc1ccc(C2CC2)cc1N(C)S(C)=O. The number of aromatic nitrogens is 2. The highest BCUT2D eigenvalue weighted by Crippen LogP contribution is 2.43. The first kappa shape index (κ1) is 25.5. The molecule has 0 saturated heterocycles. The van der Waals surface area contributed by atoms with E-state index in [2.05, 4.69) is 26.1 Å². The van der Waals surface area contributed by atoms with E-state index in [9.17, 15) is 13.4 Å². The summed E-state index contributed by atoms with van der Waals surface area (Å²) < 4.78 is 27.6. The Kier molecular flexibility index (Phi) is 7.80. The number of rotatable bonds is 10. The summed E-state index contributed by atoms with van der Waals surface area (Å²) in [6, 6.07) is 9.29. The smallest absolute Gasteiger partial charge is 0.278 e. The Morgan fingerprint density at radius 1 is 1.17 bits per heavy atom. The molecule has 0 bridgehead atoms. The number of anilines is 5. The first-order valence-electron chi connectivity index (χ1n) is 11.6. The second-order valence-electron chi connectivity index (χ2n) is 8.53. The van der Waals surface area contributed by atoms with E-state index >= 15 is 0 Å². The fourth-order valence-corrected chi connectivity index (χ4v) is 4.07. The monoisotopic (exact) mass is 512 g/mol. The van der Waals surface area contributed by atoms with Crippen molar-refractivity contribution in [3.05, 3.63) is 65.4 Å². The van der Waals surface area contributed by atoms with Gasteiger partial charge >= 0.3 is 0 Å². The lowest BCUT2D eigenvalue weighted by Gasteiger charge is -2.22. The van der Waals surface area contributed by atoms with Crippen molar-refractivity contribution in [2.75, 3.05) is 34.8 Å². The number of carbonyl (C=O) groups is 1. The van der Waals surface area contributed by atoms with Gasteiger partial charge in [-0.15, -0.1) is 0 Å². The molecule has 0 radical (unpaired) electrons. The van der Waals surface area contributed by atoms with Crippen molar-refractivity contribution in [3.8, 4) is 0 Å². The van der Waals surface area contributed by atoms with Crippen LogP contribution in [-0.2, 0) is 15.8 Å². The molecule has 1 aliphatic rings. The van der Waals surface area contributed by atoms with Gasteiger partial charge in [-0.25, -0.2) is 19.7 Å². The molecule has 2 aromatic heterocycles. The van der Waals surface area contributed by atoms with E-state index in [4.69, 9.17) is 4.84 Å². The van der Waals surface area contributed by atoms with Crippen LogP contribution in [0.2, 0.25) is 0 Å². The second-order valence-corrected chi connectivity index (χ2v) is 9.93. The van der Waals surface area contributed by atoms with Gasteiger partial charge < -0.3 is 10.6 Å². The Labute approximate surface area is 212 Å². The van der Waals surface area contributed by atoms with E-state index in [1.165, 1.54) is 18.0 Å². The van der Waals surface area contributed by atoms with Crippen molar-refractivity contribution in [2.24, 2.45) is 0 Å². The lowest BCUT2D eigenvalue weighted by atomic mass is 10.1. The summed E-state index contributed by atoms with van der Waals surface area (Å²) in [6.07, 6.45) is 6.69. The highest BCUT2D eigenvalue weighted by molar-refractivity contribution is 7.85. The van der Waals surface area contributed by atoms with Crippen LogP contribution in [0.4, 0.5) is 33.0 Å². The minimum absolute atomic E-state index is 0.250. The van der Waals surface area contributed by atoms with Crippen molar-refractivity contribution in [2.45, 2.75) is 32.6 Å². The molecule has 3 N–H and O–H groups in total. The predicted octanol–water partition coefficient (Wildman–Crippen LogP) is 4.70. The molecule has 9 nitrogen and oxygen atoms in total. The van der Waals surface area contributed by atoms with E-state index in [0.717, 1.165) is 18.5 Å². The van der Waals surface area contributed by atoms with E-state index in [1.54, 1.807) is 43.6 Å². The maximum Gasteiger partial charge on any atom is 0.278 e. The van der Waals surface area contributed by atoms with Crippen LogP contribution in [0.25, 0.3) is 0 Å². The van der Waals surface area contributed by atoms with Crippen LogP contribution in [0.5, 0.6) is 0 Å². The van der Waals surface area contributed by atoms with Crippen LogP contribution in [0, 0.1) is 12.9 Å². The molecule has 2 heterocycles. The third-order valence-corrected chi connectivity index (χ3v) is 6.78. The van der Waals surface area contributed by atoms with Crippen LogP contribution in [-0.4, -0.2) is 40.0 Å². The Bertz CT molecular complexity index is 1300. The van der Waals surface area contributed by atoms with Crippen LogP contribution in [0.1, 0.15) is 47.2 Å². The molecule has 190 valence electrons. The van der Waals surface area contributed by atoms with Crippen molar-refractivity contribution in [1.29, 1.82) is 0 Å². The zero-order valence-corrected chi connectivity index (χ0v) is 21.4. The van der Waals surface area contributed by atoms with E-state index in [1.807, 2.05) is 18.2 Å². The van der Waals surface area contributed by atoms with Crippen LogP contribution in [0.15, 0.2) is 42.7 Å². The highest BCUT2D eigenvalue weighted by Gasteiger charge is 2.25. The van der Waals surface area contributed by atoms with Gasteiger partial charge in [0.2, 0.25) is 5.95 Å². The standard InChI is InChI=1S/C25H29FN6O3S/c1-5-35-31-25(33)19-14-27-23(29-18-10-15(2)24(26)28-13-18)12-21(19)30-20-9-8-17(16-6-7-16)11-22(20)32(3)36(4)34/h8-14,16H,5-7H2,1-4H3,(H,31,33)(H2,27,29,30). The summed E-state index contributed by atoms with van der Waals surface area (Å²) in [4.78, 5) is 26.0. The number of nitrogens with zero attached hydrogens (tertiary/aromatic N) is 3. The molecular weight excluding hydrogens is 483 g/mol. The van der Waals surface area contributed by atoms with Crippen molar-refractivity contribution in [1.82, 2.24) is 15.4 Å². The Balaban J connectivity index is 1.72. The van der Waals surface area contributed by atoms with Gasteiger partial charge in [0.05, 0.1) is 41.1 Å². The first-order chi connectivity index (χ1) is 17.3. The Hall–Kier alpha value is -3.57. The lowest BCUT2D eigenvalue weighted by Crippen LogP contribution is -2.25. The number of halogens is 1. The molecule has 1 aromatic carbocycles. The summed E-state index contributed by atoms with van der Waals surface area (Å²) in [5.74, 6) is -0.0740. The molecule has 0 spiro atoms. The summed E-state index contributed by atoms with van der Waals surface area (Å²) in [6.45, 7) is 3.69. The average molecular weight is 513 g/mol. The van der Waals surface area contributed by atoms with Gasteiger partial charge in [0.25, 0.3) is 5.91 Å². The number of pyridine rings is 2. The maximum absolute atomic E-state index is 13.6. The van der Waals surface area contributed by atoms with E-state index in [-0.39, 0.29) is 5.56 Å². The Morgan fingerprint density at radius 2 is 1.94 bits per heavy atom. The number of benzene rings is 1. The number of carbonyl (C=O) groups excluding carboxylic acids is 1. The average Bonchev–Trinajstić information content (AvgIpc) is 3.70. The molecule has 1 aliphatic carbocycles. The molecule has 4 rings (SSSR count). The van der Waals surface area contributed by atoms with Gasteiger partial charge in [-0.05, 0) is 56.4 Å². The van der Waals surface area contributed by atoms with Crippen molar-refractivity contribution < 1.29 is 18.2 Å². The van der Waals surface area contributed by atoms with Crippen molar-refractivity contribution in [3.63, 3.8) is 0 Å². The molecule has 1 unspecified atom stereocenters. The molecule has 1 fully saturated rings. The van der Waals surface area contributed by atoms with Crippen LogP contribution < -0.4 is 20.4 Å². The summed E-state index contributed by atoms with van der Waals surface area (Å²) in [5.41, 5.74) is 6.66. The summed E-state index contributed by atoms with van der Waals surface area (Å²) >= 11 is 0. The quantitative estimate of drug-likeness (QED) is 0.267. The van der Waals surface area contributed by atoms with Crippen LogP contribution >= 0.6 is 0 Å². The predicted molar refractivity (Wildman–Crippen MR) is 140 cm³/mol. The molecule has 36 heavy (non-hydrogen) atoms. The Morgan fingerprint density at radius 3 is 2.61 bits per heavy atom. The molecular formula is C25H29FN6O3S. The lowest BCUT2D eigenvalue weighted by molar-refractivity contribution is 0.0365. The zero-order chi connectivity index (χ0) is 25.8. The van der Waals surface area contributed by atoms with Crippen LogP contribution in [0.3, 0.4) is 0 Å². The molecule has 11 heteroatoms. The minimum Gasteiger partial charge on any atom is -0.353 e. The largest absolute Gasteiger partial charge is 0.353 e. The number of hydrogen-bond donors (Lipinski definition) is 3. The van der Waals surface area contributed by atoms with Gasteiger partial charge in [0.1, 0.15) is 16.8 Å². The third kappa shape index (κ3) is 5.97. The summed E-state index contributed by atoms with van der Waals surface area (Å²) in [5, 5.41) is 6.41. The summed E-state index contributed by atoms with van der Waals surface area (Å²) in [7, 11) is 0.511. The normalized spacial score (nSPS) is 13.7. The number of hydroxylamine groups is 1. The van der Waals surface area contributed by atoms with Crippen molar-refractivity contribution >= 4 is 45.5 Å². The minimum atomic E-state index is -1.25. The first-order valence-corrected chi connectivity index (χ1v) is 13.1. The molecule has 1 saturated carbocycles. The maximum atomic E-state index is 13.6. The van der Waals surface area contributed by atoms with E-state index < -0.39 is 22.8 Å².